The molecule has 5 heteroatoms. The zero-order valence-electron chi connectivity index (χ0n) is 14.0. The van der Waals surface area contributed by atoms with E-state index in [2.05, 4.69) is 6.92 Å². The molecule has 0 aromatic rings. The van der Waals surface area contributed by atoms with E-state index in [0.29, 0.717) is 25.4 Å². The lowest BCUT2D eigenvalue weighted by atomic mass is 9.89. The number of hydrogen-bond donors (Lipinski definition) is 0. The molecule has 0 saturated heterocycles. The summed E-state index contributed by atoms with van der Waals surface area (Å²) in [5, 5.41) is 0. The lowest BCUT2D eigenvalue weighted by Crippen LogP contribution is -2.35. The van der Waals surface area contributed by atoms with Crippen LogP contribution in [0.15, 0.2) is 0 Å². The van der Waals surface area contributed by atoms with Gasteiger partial charge in [-0.15, -0.1) is 0 Å². The topological polar surface area (TPSA) is 61.8 Å². The Kier molecular flexibility index (Phi) is 10.7. The first-order valence-electron chi connectivity index (χ1n) is 7.96. The second kappa shape index (κ2) is 11.4. The van der Waals surface area contributed by atoms with Gasteiger partial charge >= 0.3 is 12.1 Å². The van der Waals surface area contributed by atoms with E-state index in [1.54, 1.807) is 13.8 Å². The molecule has 0 aliphatic rings. The Bertz CT molecular complexity index is 301. The van der Waals surface area contributed by atoms with Crippen molar-refractivity contribution in [3.63, 3.8) is 0 Å². The molecule has 0 amide bonds. The molecule has 0 fully saturated rings. The Morgan fingerprint density at radius 1 is 1.00 bits per heavy atom. The van der Waals surface area contributed by atoms with Crippen molar-refractivity contribution in [2.24, 2.45) is 11.8 Å². The lowest BCUT2D eigenvalue weighted by molar-refractivity contribution is -0.153. The maximum atomic E-state index is 12.2. The highest BCUT2D eigenvalue weighted by Gasteiger charge is 2.33. The molecule has 0 aliphatic heterocycles. The Morgan fingerprint density at radius 3 is 2.10 bits per heavy atom. The molecule has 0 aromatic carbocycles. The van der Waals surface area contributed by atoms with Gasteiger partial charge in [-0.3, -0.25) is 4.79 Å². The fourth-order valence-electron chi connectivity index (χ4n) is 2.18. The molecule has 5 nitrogen and oxygen atoms in total. The van der Waals surface area contributed by atoms with E-state index in [-0.39, 0.29) is 12.6 Å². The highest BCUT2D eigenvalue weighted by Crippen LogP contribution is 2.24. The van der Waals surface area contributed by atoms with Gasteiger partial charge in [0.1, 0.15) is 6.10 Å². The Hall–Kier alpha value is -1.26. The number of unbranched alkanes of at least 4 members (excludes halogenated alkanes) is 1. The van der Waals surface area contributed by atoms with Gasteiger partial charge in [-0.1, -0.05) is 33.6 Å². The SMILES string of the molecule is CCCCC(OC(=O)OCC)C(CC(C)C)C(=O)OCC. The fourth-order valence-corrected chi connectivity index (χ4v) is 2.18. The molecule has 0 saturated carbocycles. The van der Waals surface area contributed by atoms with E-state index in [1.165, 1.54) is 0 Å². The van der Waals surface area contributed by atoms with E-state index in [0.717, 1.165) is 12.8 Å². The maximum Gasteiger partial charge on any atom is 0.508 e. The van der Waals surface area contributed by atoms with Crippen LogP contribution in [-0.4, -0.2) is 31.4 Å². The number of hydrogen-bond acceptors (Lipinski definition) is 5. The van der Waals surface area contributed by atoms with Gasteiger partial charge in [0.15, 0.2) is 0 Å². The van der Waals surface area contributed by atoms with E-state index in [4.69, 9.17) is 14.2 Å². The third-order valence-electron chi connectivity index (χ3n) is 3.12. The summed E-state index contributed by atoms with van der Waals surface area (Å²) in [6.07, 6.45) is 1.94. The van der Waals surface area contributed by atoms with Gasteiger partial charge in [-0.05, 0) is 32.6 Å². The highest BCUT2D eigenvalue weighted by molar-refractivity contribution is 5.73. The zero-order chi connectivity index (χ0) is 16.3. The molecular weight excluding hydrogens is 272 g/mol. The second-order valence-corrected chi connectivity index (χ2v) is 5.47. The molecule has 2 atom stereocenters. The van der Waals surface area contributed by atoms with Crippen molar-refractivity contribution < 1.29 is 23.8 Å². The molecule has 0 aliphatic carbocycles. The third kappa shape index (κ3) is 8.58. The van der Waals surface area contributed by atoms with Crippen LogP contribution in [0.5, 0.6) is 0 Å². The van der Waals surface area contributed by atoms with Crippen LogP contribution in [-0.2, 0) is 19.0 Å². The summed E-state index contributed by atoms with van der Waals surface area (Å²) in [6, 6.07) is 0. The highest BCUT2D eigenvalue weighted by atomic mass is 16.7. The standard InChI is InChI=1S/C16H30O5/c1-6-9-10-14(21-16(18)20-8-3)13(11-12(4)5)15(17)19-7-2/h12-14H,6-11H2,1-5H3. The van der Waals surface area contributed by atoms with Gasteiger partial charge in [0.05, 0.1) is 19.1 Å². The number of carbonyl (C=O) groups excluding carboxylic acids is 2. The van der Waals surface area contributed by atoms with Crippen LogP contribution in [0.1, 0.15) is 60.3 Å². The van der Waals surface area contributed by atoms with Crippen LogP contribution >= 0.6 is 0 Å². The van der Waals surface area contributed by atoms with Crippen LogP contribution in [0.2, 0.25) is 0 Å². The minimum absolute atomic E-state index is 0.258. The predicted molar refractivity (Wildman–Crippen MR) is 81.0 cm³/mol. The van der Waals surface area contributed by atoms with E-state index in [9.17, 15) is 9.59 Å². The summed E-state index contributed by atoms with van der Waals surface area (Å²) in [7, 11) is 0. The molecule has 21 heavy (non-hydrogen) atoms. The molecular formula is C16H30O5. The van der Waals surface area contributed by atoms with Gasteiger partial charge < -0.3 is 14.2 Å². The molecule has 0 spiro atoms. The van der Waals surface area contributed by atoms with Crippen molar-refractivity contribution in [1.29, 1.82) is 0 Å². The van der Waals surface area contributed by atoms with Crippen molar-refractivity contribution >= 4 is 12.1 Å². The number of carbonyl (C=O) groups is 2. The fraction of sp³-hybridized carbons (Fsp3) is 0.875. The van der Waals surface area contributed by atoms with Gasteiger partial charge in [-0.2, -0.15) is 0 Å². The van der Waals surface area contributed by atoms with Crippen molar-refractivity contribution in [2.75, 3.05) is 13.2 Å². The lowest BCUT2D eigenvalue weighted by Gasteiger charge is -2.26. The normalized spacial score (nSPS) is 13.6. The Balaban J connectivity index is 4.95. The number of ether oxygens (including phenoxy) is 3. The summed E-state index contributed by atoms with van der Waals surface area (Å²) in [5.74, 6) is -0.410. The summed E-state index contributed by atoms with van der Waals surface area (Å²) >= 11 is 0. The molecule has 124 valence electrons. The Morgan fingerprint density at radius 2 is 1.62 bits per heavy atom. The second-order valence-electron chi connectivity index (χ2n) is 5.47. The molecule has 0 radical (unpaired) electrons. The van der Waals surface area contributed by atoms with Gasteiger partial charge in [0.2, 0.25) is 0 Å². The van der Waals surface area contributed by atoms with Crippen molar-refractivity contribution in [1.82, 2.24) is 0 Å². The number of esters is 1. The minimum atomic E-state index is -0.711. The molecule has 0 bridgehead atoms. The van der Waals surface area contributed by atoms with Crippen LogP contribution in [0.4, 0.5) is 4.79 Å². The van der Waals surface area contributed by atoms with Gasteiger partial charge in [0.25, 0.3) is 0 Å². The molecule has 0 aromatic heterocycles. The summed E-state index contributed by atoms with van der Waals surface area (Å²) in [5.41, 5.74) is 0. The van der Waals surface area contributed by atoms with Crippen molar-refractivity contribution in [3.05, 3.63) is 0 Å². The zero-order valence-corrected chi connectivity index (χ0v) is 14.0. The average molecular weight is 302 g/mol. The predicted octanol–water partition coefficient (Wildman–Crippen LogP) is 3.94. The van der Waals surface area contributed by atoms with Crippen LogP contribution in [0.3, 0.4) is 0 Å². The van der Waals surface area contributed by atoms with Gasteiger partial charge in [0, 0.05) is 0 Å². The summed E-state index contributed by atoms with van der Waals surface area (Å²) < 4.78 is 15.3. The molecule has 0 rings (SSSR count). The average Bonchev–Trinajstić information content (AvgIpc) is 2.41. The third-order valence-corrected chi connectivity index (χ3v) is 3.12. The maximum absolute atomic E-state index is 12.2. The van der Waals surface area contributed by atoms with E-state index >= 15 is 0 Å². The summed E-state index contributed by atoms with van der Waals surface area (Å²) in [4.78, 5) is 23.8. The first kappa shape index (κ1) is 19.7. The van der Waals surface area contributed by atoms with Crippen LogP contribution < -0.4 is 0 Å². The smallest absolute Gasteiger partial charge is 0.466 e. The molecule has 2 unspecified atom stereocenters. The van der Waals surface area contributed by atoms with E-state index in [1.807, 2.05) is 13.8 Å². The Labute approximate surface area is 128 Å². The van der Waals surface area contributed by atoms with Crippen molar-refractivity contribution in [3.8, 4) is 0 Å². The monoisotopic (exact) mass is 302 g/mol. The van der Waals surface area contributed by atoms with Crippen LogP contribution in [0, 0.1) is 11.8 Å². The minimum Gasteiger partial charge on any atom is -0.466 e. The summed E-state index contributed by atoms with van der Waals surface area (Å²) in [6.45, 7) is 10.2. The van der Waals surface area contributed by atoms with Crippen molar-refractivity contribution in [2.45, 2.75) is 66.4 Å². The van der Waals surface area contributed by atoms with Gasteiger partial charge in [-0.25, -0.2) is 4.79 Å². The molecule has 0 N–H and O–H groups in total. The first-order chi connectivity index (χ1) is 9.96. The quantitative estimate of drug-likeness (QED) is 0.572. The first-order valence-corrected chi connectivity index (χ1v) is 7.96. The largest absolute Gasteiger partial charge is 0.508 e. The number of rotatable bonds is 10. The van der Waals surface area contributed by atoms with Crippen LogP contribution in [0.25, 0.3) is 0 Å². The van der Waals surface area contributed by atoms with E-state index < -0.39 is 18.2 Å². The molecule has 0 heterocycles.